The molecule has 14 nitrogen and oxygen atoms in total. The zero-order valence-electron chi connectivity index (χ0n) is 34.1. The number of allylic oxidation sites excluding steroid dienone is 2. The summed E-state index contributed by atoms with van der Waals surface area (Å²) >= 11 is 6.88. The number of methoxy groups -OCH3 is 1. The number of aliphatic carboxylic acids is 1. The molecule has 1 aliphatic heterocycles. The molecule has 5 rings (SSSR count). The topological polar surface area (TPSA) is 194 Å². The van der Waals surface area contributed by atoms with Crippen LogP contribution in [0.4, 0.5) is 0 Å². The fraction of sp³-hybridized carbons (Fsp3) is 0.465. The van der Waals surface area contributed by atoms with Crippen LogP contribution in [0.15, 0.2) is 84.0 Å². The molecule has 0 bridgehead atoms. The van der Waals surface area contributed by atoms with Crippen molar-refractivity contribution in [2.45, 2.75) is 74.8 Å². The molecular formula is C43H54ClN3O11S. The van der Waals surface area contributed by atoms with Gasteiger partial charge in [0.2, 0.25) is 0 Å². The van der Waals surface area contributed by atoms with Crippen molar-refractivity contribution in [2.24, 2.45) is 5.41 Å². The van der Waals surface area contributed by atoms with Crippen LogP contribution in [-0.2, 0) is 42.1 Å². The number of carbonyl (C=O) groups excluding carboxylic acids is 1. The van der Waals surface area contributed by atoms with Gasteiger partial charge in [0.25, 0.3) is 0 Å². The molecule has 3 aromatic rings. The van der Waals surface area contributed by atoms with Gasteiger partial charge < -0.3 is 39.2 Å². The first-order valence-electron chi connectivity index (χ1n) is 19.3. The number of benzene rings is 2. The Morgan fingerprint density at radius 2 is 1.76 bits per heavy atom. The number of rotatable bonds is 19. The zero-order chi connectivity index (χ0) is 43.1. The summed E-state index contributed by atoms with van der Waals surface area (Å²) in [6.07, 6.45) is 11.1. The van der Waals surface area contributed by atoms with Crippen LogP contribution in [0.3, 0.4) is 0 Å². The average molecular weight is 856 g/mol. The van der Waals surface area contributed by atoms with Crippen molar-refractivity contribution in [3.05, 3.63) is 101 Å². The van der Waals surface area contributed by atoms with E-state index in [0.29, 0.717) is 43.8 Å². The maximum Gasteiger partial charge on any atom is 0.337 e. The highest BCUT2D eigenvalue weighted by Crippen LogP contribution is 2.49. The molecule has 2 aliphatic rings. The minimum absolute atomic E-state index is 0.0230. The van der Waals surface area contributed by atoms with E-state index in [-0.39, 0.29) is 54.0 Å². The van der Waals surface area contributed by atoms with Crippen LogP contribution < -0.4 is 14.8 Å². The number of aromatic nitrogens is 1. The fourth-order valence-corrected chi connectivity index (χ4v) is 8.00. The first-order valence-corrected chi connectivity index (χ1v) is 21.6. The second-order valence-electron chi connectivity index (χ2n) is 15.8. The Hall–Kier alpha value is -4.35. The summed E-state index contributed by atoms with van der Waals surface area (Å²) in [5.41, 5.74) is -1.79. The van der Waals surface area contributed by atoms with E-state index >= 15 is 0 Å². The van der Waals surface area contributed by atoms with Crippen molar-refractivity contribution in [3.63, 3.8) is 0 Å². The normalized spacial score (nSPS) is 20.0. The van der Waals surface area contributed by atoms with Gasteiger partial charge in [0.05, 0.1) is 23.6 Å². The van der Waals surface area contributed by atoms with Gasteiger partial charge in [0, 0.05) is 74.0 Å². The number of aliphatic hydroxyl groups is 2. The van der Waals surface area contributed by atoms with E-state index in [0.717, 1.165) is 17.4 Å². The Morgan fingerprint density at radius 1 is 1.05 bits per heavy atom. The molecule has 1 aliphatic carbocycles. The minimum atomic E-state index is -3.54. The van der Waals surface area contributed by atoms with Crippen molar-refractivity contribution >= 4 is 38.9 Å². The van der Waals surface area contributed by atoms with E-state index in [4.69, 9.17) is 30.5 Å². The largest absolute Gasteiger partial charge is 0.488 e. The minimum Gasteiger partial charge on any atom is -0.488 e. The summed E-state index contributed by atoms with van der Waals surface area (Å²) < 4.78 is 48.9. The van der Waals surface area contributed by atoms with Gasteiger partial charge in [-0.3, -0.25) is 15.1 Å². The lowest BCUT2D eigenvalue weighted by molar-refractivity contribution is -0.167. The van der Waals surface area contributed by atoms with Crippen LogP contribution in [0.2, 0.25) is 5.02 Å². The SMILES string of the molecule is COC(=O)C1(O)CCN(CCCOC2(COc3cc(OCc4cncc(S(C)(=O)=O)c4)c(CNC(C)(CO)C(=O)O)cc3Cl)C=CC=C(c3ccccc3)C2(C)C)CC1. The molecule has 0 radical (unpaired) electrons. The number of hydrogen-bond donors (Lipinski definition) is 4. The molecule has 0 spiro atoms. The van der Waals surface area contributed by atoms with E-state index in [9.17, 15) is 33.3 Å². The highest BCUT2D eigenvalue weighted by Gasteiger charge is 2.49. The number of carboxylic acids is 1. The van der Waals surface area contributed by atoms with Crippen LogP contribution in [0.1, 0.15) is 56.7 Å². The molecule has 1 fully saturated rings. The standard InChI is InChI=1S/C43H54ClN3O11S/c1-40(2)34(31-11-7-6-8-12-31)13-9-14-43(40,58-20-10-17-47-18-15-42(52,16-19-47)39(51)55-4)29-57-37-23-36(56-27-30-21-33(26-45-24-30)59(5,53)54)32(22-35(37)44)25-46-41(3,28-48)38(49)50/h6-9,11-14,21-24,26,46,48,52H,10,15-20,25,27-29H2,1-5H3,(H,49,50). The molecule has 2 heterocycles. The van der Waals surface area contributed by atoms with Crippen LogP contribution in [0.25, 0.3) is 5.57 Å². The summed E-state index contributed by atoms with van der Waals surface area (Å²) in [6.45, 7) is 6.85. The number of carbonyl (C=O) groups is 2. The third-order valence-corrected chi connectivity index (χ3v) is 12.7. The van der Waals surface area contributed by atoms with Crippen molar-refractivity contribution in [1.82, 2.24) is 15.2 Å². The zero-order valence-corrected chi connectivity index (χ0v) is 35.6. The first kappa shape index (κ1) is 45.7. The van der Waals surface area contributed by atoms with Gasteiger partial charge in [-0.05, 0) is 55.5 Å². The van der Waals surface area contributed by atoms with Gasteiger partial charge in [-0.1, -0.05) is 67.9 Å². The number of carboxylic acid groups (broad SMARTS) is 1. The number of likely N-dealkylation sites (tertiary alicyclic amines) is 1. The number of sulfone groups is 1. The highest BCUT2D eigenvalue weighted by atomic mass is 35.5. The van der Waals surface area contributed by atoms with Crippen molar-refractivity contribution in [2.75, 3.05) is 52.8 Å². The van der Waals surface area contributed by atoms with Gasteiger partial charge in [-0.15, -0.1) is 0 Å². The Kier molecular flexibility index (Phi) is 14.7. The Balaban J connectivity index is 1.41. The number of esters is 1. The van der Waals surface area contributed by atoms with Gasteiger partial charge in [-0.25, -0.2) is 13.2 Å². The van der Waals surface area contributed by atoms with E-state index in [1.54, 1.807) is 12.1 Å². The predicted octanol–water partition coefficient (Wildman–Crippen LogP) is 4.85. The van der Waals surface area contributed by atoms with E-state index < -0.39 is 50.5 Å². The summed E-state index contributed by atoms with van der Waals surface area (Å²) in [7, 11) is -2.26. The van der Waals surface area contributed by atoms with Gasteiger partial charge in [0.1, 0.15) is 35.9 Å². The number of aliphatic hydroxyl groups excluding tert-OH is 1. The Bertz CT molecular complexity index is 2140. The number of piperidine rings is 1. The average Bonchev–Trinajstić information content (AvgIpc) is 3.21. The molecule has 2 unspecified atom stereocenters. The molecule has 1 saturated heterocycles. The number of hydrogen-bond acceptors (Lipinski definition) is 13. The summed E-state index contributed by atoms with van der Waals surface area (Å²) in [5, 5.41) is 33.4. The van der Waals surface area contributed by atoms with E-state index in [2.05, 4.69) is 35.1 Å². The van der Waals surface area contributed by atoms with Crippen LogP contribution in [0, 0.1) is 5.41 Å². The smallest absolute Gasteiger partial charge is 0.337 e. The van der Waals surface area contributed by atoms with E-state index in [1.807, 2.05) is 42.5 Å². The third kappa shape index (κ3) is 10.7. The van der Waals surface area contributed by atoms with Crippen LogP contribution in [-0.4, -0.2) is 115 Å². The number of halogens is 1. The Labute approximate surface area is 350 Å². The maximum atomic E-state index is 12.2. The van der Waals surface area contributed by atoms with Crippen molar-refractivity contribution < 1.29 is 52.3 Å². The lowest BCUT2D eigenvalue weighted by Gasteiger charge is -2.47. The van der Waals surface area contributed by atoms with Gasteiger partial charge in [0.15, 0.2) is 15.4 Å². The molecule has 59 heavy (non-hydrogen) atoms. The number of pyridine rings is 1. The van der Waals surface area contributed by atoms with Gasteiger partial charge >= 0.3 is 11.9 Å². The molecule has 320 valence electrons. The summed E-state index contributed by atoms with van der Waals surface area (Å²) in [4.78, 5) is 30.3. The molecule has 4 N–H and O–H groups in total. The number of ether oxygens (including phenoxy) is 4. The number of nitrogens with one attached hydrogen (secondary N) is 1. The highest BCUT2D eigenvalue weighted by molar-refractivity contribution is 7.90. The molecule has 0 amide bonds. The predicted molar refractivity (Wildman–Crippen MR) is 222 cm³/mol. The first-order chi connectivity index (χ1) is 27.9. The van der Waals surface area contributed by atoms with Crippen molar-refractivity contribution in [3.8, 4) is 11.5 Å². The second kappa shape index (κ2) is 18.9. The molecule has 2 aromatic carbocycles. The molecule has 0 saturated carbocycles. The molecule has 16 heteroatoms. The van der Waals surface area contributed by atoms with E-state index in [1.165, 1.54) is 32.5 Å². The lowest BCUT2D eigenvalue weighted by atomic mass is 9.65. The number of nitrogens with zero attached hydrogens (tertiary/aromatic N) is 2. The summed E-state index contributed by atoms with van der Waals surface area (Å²) in [5.74, 6) is -1.34. The quantitative estimate of drug-likeness (QED) is 0.0945. The van der Waals surface area contributed by atoms with Gasteiger partial charge in [-0.2, -0.15) is 0 Å². The summed E-state index contributed by atoms with van der Waals surface area (Å²) in [6, 6.07) is 14.7. The lowest BCUT2D eigenvalue weighted by Crippen LogP contribution is -2.52. The second-order valence-corrected chi connectivity index (χ2v) is 18.2. The third-order valence-electron chi connectivity index (χ3n) is 11.3. The van der Waals surface area contributed by atoms with Crippen molar-refractivity contribution in [1.29, 1.82) is 0 Å². The molecule has 2 atom stereocenters. The fourth-order valence-electron chi connectivity index (χ4n) is 7.14. The maximum absolute atomic E-state index is 12.2. The monoisotopic (exact) mass is 855 g/mol. The molecule has 1 aromatic heterocycles. The molecular weight excluding hydrogens is 802 g/mol. The Morgan fingerprint density at radius 3 is 2.41 bits per heavy atom. The van der Waals surface area contributed by atoms with Crippen LogP contribution >= 0.6 is 11.6 Å². The van der Waals surface area contributed by atoms with Crippen LogP contribution in [0.5, 0.6) is 11.5 Å².